The van der Waals surface area contributed by atoms with Gasteiger partial charge in [-0.3, -0.25) is 25.4 Å². The van der Waals surface area contributed by atoms with E-state index in [4.69, 9.17) is 10.00 Å². The predicted molar refractivity (Wildman–Crippen MR) is 101 cm³/mol. The number of carbonyl (C=O) groups is 2. The van der Waals surface area contributed by atoms with Gasteiger partial charge in [-0.2, -0.15) is 5.26 Å². The molecule has 7 heteroatoms. The van der Waals surface area contributed by atoms with Crippen molar-refractivity contribution >= 4 is 11.8 Å². The Morgan fingerprint density at radius 1 is 0.964 bits per heavy atom. The van der Waals surface area contributed by atoms with E-state index < -0.39 is 11.8 Å². The molecule has 7 nitrogen and oxygen atoms in total. The molecule has 0 aliphatic carbocycles. The first kappa shape index (κ1) is 18.6. The molecule has 1 aromatic heterocycles. The molecule has 0 fully saturated rings. The largest absolute Gasteiger partial charge is 0.489 e. The van der Waals surface area contributed by atoms with E-state index in [2.05, 4.69) is 21.9 Å². The van der Waals surface area contributed by atoms with E-state index in [0.717, 1.165) is 5.56 Å². The maximum atomic E-state index is 12.3. The summed E-state index contributed by atoms with van der Waals surface area (Å²) in [4.78, 5) is 28.1. The van der Waals surface area contributed by atoms with Crippen LogP contribution >= 0.6 is 0 Å². The number of amides is 2. The van der Waals surface area contributed by atoms with Crippen molar-refractivity contribution in [2.45, 2.75) is 6.61 Å². The minimum atomic E-state index is -0.486. The van der Waals surface area contributed by atoms with E-state index in [1.54, 1.807) is 54.7 Å². The molecule has 2 N–H and O–H groups in total. The topological polar surface area (TPSA) is 104 Å². The summed E-state index contributed by atoms with van der Waals surface area (Å²) in [5.74, 6) is -0.485. The molecule has 0 spiro atoms. The monoisotopic (exact) mass is 372 g/mol. The molecule has 0 radical (unpaired) electrons. The predicted octanol–water partition coefficient (Wildman–Crippen LogP) is 2.61. The third kappa shape index (κ3) is 4.71. The van der Waals surface area contributed by atoms with Crippen molar-refractivity contribution in [1.29, 1.82) is 5.26 Å². The number of hydrazine groups is 1. The highest BCUT2D eigenvalue weighted by atomic mass is 16.5. The second-order valence-corrected chi connectivity index (χ2v) is 5.74. The van der Waals surface area contributed by atoms with Crippen LogP contribution in [0.5, 0.6) is 5.75 Å². The van der Waals surface area contributed by atoms with Crippen molar-refractivity contribution in [3.8, 4) is 11.8 Å². The molecule has 0 atom stereocenters. The molecule has 2 aromatic carbocycles. The van der Waals surface area contributed by atoms with Crippen LogP contribution in [0.25, 0.3) is 0 Å². The number of hydrogen-bond donors (Lipinski definition) is 2. The summed E-state index contributed by atoms with van der Waals surface area (Å²) in [5, 5.41) is 9.12. The lowest BCUT2D eigenvalue weighted by Gasteiger charge is -2.10. The maximum Gasteiger partial charge on any atom is 0.271 e. The Balaban J connectivity index is 1.60. The van der Waals surface area contributed by atoms with E-state index in [0.29, 0.717) is 22.4 Å². The lowest BCUT2D eigenvalue weighted by molar-refractivity contribution is 0.0846. The number of ether oxygens (including phenoxy) is 1. The molecule has 0 aliphatic rings. The summed E-state index contributed by atoms with van der Waals surface area (Å²) in [6.45, 7) is 0.201. The van der Waals surface area contributed by atoms with Crippen molar-refractivity contribution in [2.75, 3.05) is 0 Å². The van der Waals surface area contributed by atoms with Crippen LogP contribution in [0.2, 0.25) is 0 Å². The molecule has 0 aliphatic heterocycles. The van der Waals surface area contributed by atoms with Crippen molar-refractivity contribution in [1.82, 2.24) is 15.8 Å². The summed E-state index contributed by atoms with van der Waals surface area (Å²) >= 11 is 0. The third-order valence-corrected chi connectivity index (χ3v) is 3.84. The van der Waals surface area contributed by atoms with Crippen molar-refractivity contribution < 1.29 is 14.3 Å². The van der Waals surface area contributed by atoms with Crippen LogP contribution in [0.1, 0.15) is 31.8 Å². The number of benzene rings is 2. The molecule has 3 aromatic rings. The normalized spacial score (nSPS) is 9.82. The summed E-state index contributed by atoms with van der Waals surface area (Å²) in [5.41, 5.74) is 6.62. The van der Waals surface area contributed by atoms with Crippen LogP contribution in [-0.2, 0) is 6.61 Å². The molecule has 1 heterocycles. The number of pyridine rings is 1. The van der Waals surface area contributed by atoms with Crippen LogP contribution < -0.4 is 15.6 Å². The van der Waals surface area contributed by atoms with E-state index in [9.17, 15) is 9.59 Å². The minimum absolute atomic E-state index is 0.201. The summed E-state index contributed by atoms with van der Waals surface area (Å²) in [7, 11) is 0. The minimum Gasteiger partial charge on any atom is -0.489 e. The van der Waals surface area contributed by atoms with Gasteiger partial charge in [0.2, 0.25) is 0 Å². The molecular formula is C21H16N4O3. The standard InChI is InChI=1S/C21H16N4O3/c22-12-16-5-1-2-6-18(16)14-28-19-9-3-7-15(11-19)20(26)24-25-21(27)17-8-4-10-23-13-17/h1-11,13H,14H2,(H,24,26)(H,25,27). The van der Waals surface area contributed by atoms with Gasteiger partial charge in [-0.15, -0.1) is 0 Å². The maximum absolute atomic E-state index is 12.3. The van der Waals surface area contributed by atoms with Gasteiger partial charge in [-0.25, -0.2) is 0 Å². The van der Waals surface area contributed by atoms with Crippen LogP contribution in [0.3, 0.4) is 0 Å². The molecule has 0 bridgehead atoms. The molecule has 0 unspecified atom stereocenters. The number of nitrogens with one attached hydrogen (secondary N) is 2. The van der Waals surface area contributed by atoms with Crippen molar-refractivity contribution in [3.05, 3.63) is 95.3 Å². The Bertz CT molecular complexity index is 1030. The van der Waals surface area contributed by atoms with E-state index in [1.165, 1.54) is 6.20 Å². The van der Waals surface area contributed by atoms with Crippen molar-refractivity contribution in [2.24, 2.45) is 0 Å². The average Bonchev–Trinajstić information content (AvgIpc) is 2.76. The average molecular weight is 372 g/mol. The highest BCUT2D eigenvalue weighted by Crippen LogP contribution is 2.16. The Labute approximate surface area is 161 Å². The zero-order valence-electron chi connectivity index (χ0n) is 14.8. The zero-order valence-corrected chi connectivity index (χ0v) is 14.8. The summed E-state index contributed by atoms with van der Waals surface area (Å²) in [6, 6.07) is 19.0. The first-order chi connectivity index (χ1) is 13.7. The Morgan fingerprint density at radius 3 is 2.46 bits per heavy atom. The van der Waals surface area contributed by atoms with Gasteiger partial charge in [0, 0.05) is 23.5 Å². The van der Waals surface area contributed by atoms with E-state index in [-0.39, 0.29) is 6.61 Å². The van der Waals surface area contributed by atoms with Crippen LogP contribution in [-0.4, -0.2) is 16.8 Å². The van der Waals surface area contributed by atoms with Gasteiger partial charge >= 0.3 is 0 Å². The van der Waals surface area contributed by atoms with Gasteiger partial charge in [-0.05, 0) is 36.4 Å². The fourth-order valence-corrected chi connectivity index (χ4v) is 2.40. The molecule has 2 amide bonds. The Morgan fingerprint density at radius 2 is 1.71 bits per heavy atom. The molecule has 0 saturated heterocycles. The molecule has 0 saturated carbocycles. The molecule has 28 heavy (non-hydrogen) atoms. The quantitative estimate of drug-likeness (QED) is 0.670. The smallest absolute Gasteiger partial charge is 0.271 e. The second kappa shape index (κ2) is 8.96. The lowest BCUT2D eigenvalue weighted by Crippen LogP contribution is -2.41. The number of nitrogens with zero attached hydrogens (tertiary/aromatic N) is 2. The molecule has 3 rings (SSSR count). The van der Waals surface area contributed by atoms with E-state index >= 15 is 0 Å². The highest BCUT2D eigenvalue weighted by Gasteiger charge is 2.10. The van der Waals surface area contributed by atoms with Gasteiger partial charge in [0.25, 0.3) is 11.8 Å². The molecular weight excluding hydrogens is 356 g/mol. The summed E-state index contributed by atoms with van der Waals surface area (Å²) < 4.78 is 5.69. The van der Waals surface area contributed by atoms with Gasteiger partial charge in [-0.1, -0.05) is 24.3 Å². The molecule has 138 valence electrons. The fourth-order valence-electron chi connectivity index (χ4n) is 2.40. The Hall–Kier alpha value is -4.18. The Kier molecular flexibility index (Phi) is 5.95. The number of nitriles is 1. The summed E-state index contributed by atoms with van der Waals surface area (Å²) in [6.07, 6.45) is 2.95. The number of rotatable bonds is 5. The third-order valence-electron chi connectivity index (χ3n) is 3.84. The first-order valence-corrected chi connectivity index (χ1v) is 8.39. The first-order valence-electron chi connectivity index (χ1n) is 8.39. The number of hydrogen-bond acceptors (Lipinski definition) is 5. The van der Waals surface area contributed by atoms with Gasteiger partial charge in [0.15, 0.2) is 0 Å². The lowest BCUT2D eigenvalue weighted by atomic mass is 10.1. The number of aromatic nitrogens is 1. The van der Waals surface area contributed by atoms with Gasteiger partial charge in [0.05, 0.1) is 17.2 Å². The van der Waals surface area contributed by atoms with Crippen LogP contribution in [0.15, 0.2) is 73.1 Å². The second-order valence-electron chi connectivity index (χ2n) is 5.74. The van der Waals surface area contributed by atoms with Crippen LogP contribution in [0, 0.1) is 11.3 Å². The van der Waals surface area contributed by atoms with Gasteiger partial charge in [0.1, 0.15) is 12.4 Å². The fraction of sp³-hybridized carbons (Fsp3) is 0.0476. The zero-order chi connectivity index (χ0) is 19.8. The van der Waals surface area contributed by atoms with Crippen molar-refractivity contribution in [3.63, 3.8) is 0 Å². The van der Waals surface area contributed by atoms with Gasteiger partial charge < -0.3 is 4.74 Å². The number of carbonyl (C=O) groups excluding carboxylic acids is 2. The van der Waals surface area contributed by atoms with Crippen LogP contribution in [0.4, 0.5) is 0 Å². The SMILES string of the molecule is N#Cc1ccccc1COc1cccc(C(=O)NNC(=O)c2cccnc2)c1. The van der Waals surface area contributed by atoms with E-state index in [1.807, 2.05) is 12.1 Å². The highest BCUT2D eigenvalue weighted by molar-refractivity contribution is 5.99.